The first kappa shape index (κ1) is 25.2. The molecule has 0 aliphatic rings. The van der Waals surface area contributed by atoms with Gasteiger partial charge in [0.15, 0.2) is 0 Å². The molecular formula is C21H30N4O2S. The van der Waals surface area contributed by atoms with Crippen LogP contribution in [0.1, 0.15) is 26.5 Å². The summed E-state index contributed by atoms with van der Waals surface area (Å²) in [6, 6.07) is 0. The third-order valence-electron chi connectivity index (χ3n) is 3.27. The topological polar surface area (TPSA) is 82.5 Å². The minimum atomic E-state index is -0.0443. The molecule has 0 amide bonds. The van der Waals surface area contributed by atoms with Crippen molar-refractivity contribution in [2.45, 2.75) is 32.6 Å². The number of allylic oxidation sites excluding steroid dienone is 6. The standard InChI is InChI=1S/C15H20N2O2S.C6H10N2/c1-6-7-13(19-4)9-8-11(2)17-10-16-12(3)14(20-5)15(17)18;1-3-8-5-4-6(2)7/h6-10H,1-5H3;3-5H,2,7H2,1H3/b7-6-,11-8+,13-9+;5-4-,8-3?. The van der Waals surface area contributed by atoms with Crippen LogP contribution in [0, 0.1) is 6.92 Å². The average molecular weight is 403 g/mol. The van der Waals surface area contributed by atoms with Gasteiger partial charge in [-0.05, 0) is 58.3 Å². The molecule has 0 bridgehead atoms. The maximum Gasteiger partial charge on any atom is 0.271 e. The first-order chi connectivity index (χ1) is 13.3. The van der Waals surface area contributed by atoms with Crippen LogP contribution in [0.4, 0.5) is 0 Å². The summed E-state index contributed by atoms with van der Waals surface area (Å²) in [6.07, 6.45) is 15.8. The second-order valence-electron chi connectivity index (χ2n) is 5.42. The fourth-order valence-corrected chi connectivity index (χ4v) is 2.49. The van der Waals surface area contributed by atoms with Crippen LogP contribution in [0.15, 0.2) is 75.6 Å². The Morgan fingerprint density at radius 1 is 1.36 bits per heavy atom. The summed E-state index contributed by atoms with van der Waals surface area (Å²) in [4.78, 5) is 21.0. The Balaban J connectivity index is 0.000000769. The number of ether oxygens (including phenoxy) is 1. The molecule has 1 aromatic heterocycles. The van der Waals surface area contributed by atoms with E-state index in [0.717, 1.165) is 17.2 Å². The Kier molecular flexibility index (Phi) is 12.9. The zero-order valence-electron chi connectivity index (χ0n) is 17.5. The lowest BCUT2D eigenvalue weighted by atomic mass is 10.3. The molecule has 0 aliphatic heterocycles. The van der Waals surface area contributed by atoms with Gasteiger partial charge in [-0.2, -0.15) is 0 Å². The van der Waals surface area contributed by atoms with Gasteiger partial charge in [-0.25, -0.2) is 4.98 Å². The summed E-state index contributed by atoms with van der Waals surface area (Å²) in [7, 11) is 1.61. The molecule has 0 fully saturated rings. The van der Waals surface area contributed by atoms with Crippen molar-refractivity contribution in [1.82, 2.24) is 9.55 Å². The highest BCUT2D eigenvalue weighted by atomic mass is 32.2. The van der Waals surface area contributed by atoms with E-state index in [1.165, 1.54) is 16.3 Å². The summed E-state index contributed by atoms with van der Waals surface area (Å²) < 4.78 is 6.73. The number of methoxy groups -OCH3 is 1. The number of thioether (sulfide) groups is 1. The lowest BCUT2D eigenvalue weighted by molar-refractivity contribution is 0.307. The Morgan fingerprint density at radius 3 is 2.54 bits per heavy atom. The van der Waals surface area contributed by atoms with Gasteiger partial charge in [0.25, 0.3) is 5.56 Å². The predicted octanol–water partition coefficient (Wildman–Crippen LogP) is 4.30. The third kappa shape index (κ3) is 9.23. The molecule has 1 aromatic rings. The van der Waals surface area contributed by atoms with Crippen molar-refractivity contribution in [3.63, 3.8) is 0 Å². The van der Waals surface area contributed by atoms with Gasteiger partial charge in [0, 0.05) is 23.8 Å². The van der Waals surface area contributed by atoms with Gasteiger partial charge in [0.1, 0.15) is 12.1 Å². The summed E-state index contributed by atoms with van der Waals surface area (Å²) in [5, 5.41) is 0. The number of rotatable bonds is 7. The van der Waals surface area contributed by atoms with Crippen LogP contribution < -0.4 is 11.3 Å². The van der Waals surface area contributed by atoms with Crippen molar-refractivity contribution in [3.05, 3.63) is 77.0 Å². The molecule has 0 aliphatic carbocycles. The highest BCUT2D eigenvalue weighted by molar-refractivity contribution is 7.98. The zero-order valence-corrected chi connectivity index (χ0v) is 18.3. The van der Waals surface area contributed by atoms with E-state index in [1.807, 2.05) is 58.3 Å². The van der Waals surface area contributed by atoms with Crippen LogP contribution in [0.5, 0.6) is 0 Å². The number of aromatic nitrogens is 2. The lowest BCUT2D eigenvalue weighted by Crippen LogP contribution is -2.21. The molecule has 0 saturated carbocycles. The minimum absolute atomic E-state index is 0.0443. The van der Waals surface area contributed by atoms with Crippen molar-refractivity contribution in [3.8, 4) is 0 Å². The molecule has 152 valence electrons. The van der Waals surface area contributed by atoms with Crippen molar-refractivity contribution >= 4 is 23.7 Å². The second-order valence-corrected chi connectivity index (χ2v) is 6.23. The monoisotopic (exact) mass is 402 g/mol. The van der Waals surface area contributed by atoms with Gasteiger partial charge in [0.05, 0.1) is 17.7 Å². The van der Waals surface area contributed by atoms with Gasteiger partial charge >= 0.3 is 0 Å². The van der Waals surface area contributed by atoms with Gasteiger partial charge in [-0.15, -0.1) is 11.8 Å². The Labute approximate surface area is 171 Å². The second kappa shape index (κ2) is 14.3. The number of aryl methyl sites for hydroxylation is 1. The lowest BCUT2D eigenvalue weighted by Gasteiger charge is -2.08. The SMILES string of the molecule is C=C(N)/C=C\N=CC.C\C=C/C(=C\C=C(/C)n1cnc(C)c(SC)c1=O)OC. The molecule has 0 unspecified atom stereocenters. The Morgan fingerprint density at radius 2 is 2.04 bits per heavy atom. The summed E-state index contributed by atoms with van der Waals surface area (Å²) >= 11 is 1.42. The van der Waals surface area contributed by atoms with Crippen LogP contribution in [0.2, 0.25) is 0 Å². The molecule has 0 atom stereocenters. The van der Waals surface area contributed by atoms with Crippen molar-refractivity contribution < 1.29 is 4.74 Å². The van der Waals surface area contributed by atoms with Crippen molar-refractivity contribution in [2.24, 2.45) is 10.7 Å². The van der Waals surface area contributed by atoms with Crippen LogP contribution >= 0.6 is 11.8 Å². The molecule has 1 rings (SSSR count). The number of nitrogens with two attached hydrogens (primary N) is 1. The number of hydrogen-bond donors (Lipinski definition) is 1. The molecule has 0 saturated heterocycles. The average Bonchev–Trinajstić information content (AvgIpc) is 2.66. The van der Waals surface area contributed by atoms with E-state index in [9.17, 15) is 4.79 Å². The van der Waals surface area contributed by atoms with Crippen LogP contribution in [-0.2, 0) is 4.74 Å². The molecule has 28 heavy (non-hydrogen) atoms. The fourth-order valence-electron chi connectivity index (χ4n) is 1.87. The largest absolute Gasteiger partial charge is 0.497 e. The van der Waals surface area contributed by atoms with Gasteiger partial charge in [-0.3, -0.25) is 14.4 Å². The number of aliphatic imine (C=N–C) groups is 1. The third-order valence-corrected chi connectivity index (χ3v) is 4.15. The van der Waals surface area contributed by atoms with E-state index >= 15 is 0 Å². The van der Waals surface area contributed by atoms with E-state index < -0.39 is 0 Å². The van der Waals surface area contributed by atoms with Gasteiger partial charge < -0.3 is 10.5 Å². The molecular weight excluding hydrogens is 372 g/mol. The Bertz CT molecular complexity index is 846. The molecule has 7 heteroatoms. The van der Waals surface area contributed by atoms with E-state index in [-0.39, 0.29) is 5.56 Å². The first-order valence-corrected chi connectivity index (χ1v) is 9.81. The quantitative estimate of drug-likeness (QED) is 0.318. The first-order valence-electron chi connectivity index (χ1n) is 8.58. The van der Waals surface area contributed by atoms with E-state index in [0.29, 0.717) is 10.6 Å². The smallest absolute Gasteiger partial charge is 0.271 e. The molecule has 1 heterocycles. The Hall–Kier alpha value is -2.80. The normalized spacial score (nSPS) is 12.5. The van der Waals surface area contributed by atoms with Crippen LogP contribution in [0.25, 0.3) is 5.70 Å². The predicted molar refractivity (Wildman–Crippen MR) is 122 cm³/mol. The highest BCUT2D eigenvalue weighted by Gasteiger charge is 2.07. The van der Waals surface area contributed by atoms with Gasteiger partial charge in [0.2, 0.25) is 0 Å². The van der Waals surface area contributed by atoms with Crippen molar-refractivity contribution in [2.75, 3.05) is 13.4 Å². The van der Waals surface area contributed by atoms with Crippen LogP contribution in [0.3, 0.4) is 0 Å². The molecule has 2 N–H and O–H groups in total. The number of hydrogen-bond acceptors (Lipinski definition) is 6. The van der Waals surface area contributed by atoms with E-state index in [1.54, 1.807) is 31.9 Å². The minimum Gasteiger partial charge on any atom is -0.497 e. The summed E-state index contributed by atoms with van der Waals surface area (Å²) in [5.74, 6) is 0.727. The maximum atomic E-state index is 12.3. The molecule has 0 aromatic carbocycles. The van der Waals surface area contributed by atoms with Crippen LogP contribution in [-0.4, -0.2) is 29.1 Å². The molecule has 0 spiro atoms. The fraction of sp³-hybridized carbons (Fsp3) is 0.286. The van der Waals surface area contributed by atoms with E-state index in [2.05, 4.69) is 16.6 Å². The van der Waals surface area contributed by atoms with E-state index in [4.69, 9.17) is 10.5 Å². The maximum absolute atomic E-state index is 12.3. The summed E-state index contributed by atoms with van der Waals surface area (Å²) in [6.45, 7) is 10.9. The number of nitrogens with zero attached hydrogens (tertiary/aromatic N) is 3. The summed E-state index contributed by atoms with van der Waals surface area (Å²) in [5.41, 5.74) is 7.20. The zero-order chi connectivity index (χ0) is 21.5. The van der Waals surface area contributed by atoms with Crippen molar-refractivity contribution in [1.29, 1.82) is 0 Å². The molecule has 6 nitrogen and oxygen atoms in total. The van der Waals surface area contributed by atoms with Gasteiger partial charge in [-0.1, -0.05) is 12.7 Å². The highest BCUT2D eigenvalue weighted by Crippen LogP contribution is 2.13. The molecule has 0 radical (unpaired) electrons.